The van der Waals surface area contributed by atoms with Crippen molar-refractivity contribution in [1.29, 1.82) is 0 Å². The zero-order valence-electron chi connectivity index (χ0n) is 38.1. The van der Waals surface area contributed by atoms with Gasteiger partial charge in [0.2, 0.25) is 17.7 Å². The minimum atomic E-state index is -1.24. The van der Waals surface area contributed by atoms with Crippen LogP contribution in [0.2, 0.25) is 0 Å². The third-order valence-corrected chi connectivity index (χ3v) is 12.2. The summed E-state index contributed by atoms with van der Waals surface area (Å²) in [6, 6.07) is 14.1. The van der Waals surface area contributed by atoms with Crippen LogP contribution in [-0.4, -0.2) is 94.0 Å². The van der Waals surface area contributed by atoms with Crippen molar-refractivity contribution in [2.75, 3.05) is 32.6 Å². The summed E-state index contributed by atoms with van der Waals surface area (Å²) in [5, 5.41) is 8.36. The molecule has 0 spiro atoms. The van der Waals surface area contributed by atoms with Crippen LogP contribution in [0, 0.1) is 11.3 Å². The summed E-state index contributed by atoms with van der Waals surface area (Å²) in [6.45, 7) is 17.6. The van der Waals surface area contributed by atoms with Gasteiger partial charge in [0.05, 0.1) is 24.1 Å². The molecular weight excluding hydrogens is 787 g/mol. The van der Waals surface area contributed by atoms with Gasteiger partial charge in [-0.2, -0.15) is 0 Å². The number of amides is 4. The molecule has 6 rings (SSSR count). The summed E-state index contributed by atoms with van der Waals surface area (Å²) in [6.07, 6.45) is 3.01. The molecule has 0 unspecified atom stereocenters. The van der Waals surface area contributed by atoms with Crippen LogP contribution in [0.25, 0.3) is 33.3 Å². The van der Waals surface area contributed by atoms with Crippen molar-refractivity contribution >= 4 is 46.2 Å². The maximum absolute atomic E-state index is 14.7. The van der Waals surface area contributed by atoms with Crippen molar-refractivity contribution in [3.8, 4) is 22.4 Å². The summed E-state index contributed by atoms with van der Waals surface area (Å²) < 4.78 is 14.3. The Balaban J connectivity index is 1.59. The van der Waals surface area contributed by atoms with Gasteiger partial charge < -0.3 is 29.6 Å². The highest BCUT2D eigenvalue weighted by Crippen LogP contribution is 2.42. The zero-order chi connectivity index (χ0) is 45.3. The number of likely N-dealkylation sites (N-methyl/N-ethyl adjacent to an activating group) is 1. The first-order valence-electron chi connectivity index (χ1n) is 21.6. The fourth-order valence-corrected chi connectivity index (χ4v) is 8.99. The van der Waals surface area contributed by atoms with Crippen molar-refractivity contribution in [3.63, 3.8) is 0 Å². The molecule has 4 aromatic rings. The van der Waals surface area contributed by atoms with Gasteiger partial charge in [-0.05, 0) is 105 Å². The second-order valence-corrected chi connectivity index (χ2v) is 18.3. The van der Waals surface area contributed by atoms with Gasteiger partial charge in [-0.25, -0.2) is 10.2 Å². The second kappa shape index (κ2) is 18.4. The molecule has 1 saturated heterocycles. The number of hydrogen-bond donors (Lipinski definition) is 3. The quantitative estimate of drug-likeness (QED) is 0.158. The van der Waals surface area contributed by atoms with Gasteiger partial charge in [-0.1, -0.05) is 39.8 Å². The second-order valence-electron chi connectivity index (χ2n) is 18.3. The number of carbonyl (C=O) groups excluding carboxylic acids is 5. The van der Waals surface area contributed by atoms with Gasteiger partial charge in [0.1, 0.15) is 17.6 Å². The number of benzene rings is 2. The number of hydrogen-bond acceptors (Lipinski definition) is 9. The van der Waals surface area contributed by atoms with Crippen LogP contribution in [0.4, 0.5) is 5.69 Å². The third-order valence-electron chi connectivity index (χ3n) is 12.2. The number of anilines is 1. The summed E-state index contributed by atoms with van der Waals surface area (Å²) in [7, 11) is 3.25. The Hall–Kier alpha value is -5.60. The van der Waals surface area contributed by atoms with E-state index in [1.165, 1.54) is 23.8 Å². The average Bonchev–Trinajstić information content (AvgIpc) is 3.52. The number of methoxy groups -OCH3 is 1. The molecule has 0 aliphatic carbocycles. The molecule has 14 heteroatoms. The minimum absolute atomic E-state index is 0.0401. The van der Waals surface area contributed by atoms with Crippen LogP contribution in [0.1, 0.15) is 98.1 Å². The Morgan fingerprint density at radius 3 is 2.45 bits per heavy atom. The highest BCUT2D eigenvalue weighted by Gasteiger charge is 2.43. The predicted octanol–water partition coefficient (Wildman–Crippen LogP) is 6.60. The first-order valence-corrected chi connectivity index (χ1v) is 21.6. The van der Waals surface area contributed by atoms with Crippen LogP contribution in [0.5, 0.6) is 0 Å². The number of hydrazine groups is 1. The molecule has 4 atom stereocenters. The van der Waals surface area contributed by atoms with Crippen molar-refractivity contribution in [2.45, 2.75) is 118 Å². The summed E-state index contributed by atoms with van der Waals surface area (Å²) >= 11 is 0. The van der Waals surface area contributed by atoms with Gasteiger partial charge in [-0.3, -0.25) is 29.2 Å². The van der Waals surface area contributed by atoms with Crippen molar-refractivity contribution in [1.82, 2.24) is 30.2 Å². The van der Waals surface area contributed by atoms with E-state index in [0.717, 1.165) is 44.5 Å². The summed E-state index contributed by atoms with van der Waals surface area (Å²) in [5.41, 5.74) is 9.14. The topological polar surface area (TPSA) is 164 Å². The number of pyridine rings is 1. The predicted molar refractivity (Wildman–Crippen MR) is 240 cm³/mol. The Morgan fingerprint density at radius 1 is 1.05 bits per heavy atom. The van der Waals surface area contributed by atoms with Gasteiger partial charge >= 0.3 is 5.97 Å². The van der Waals surface area contributed by atoms with Crippen LogP contribution in [0.15, 0.2) is 54.7 Å². The molecule has 2 aliphatic rings. The van der Waals surface area contributed by atoms with Crippen LogP contribution >= 0.6 is 0 Å². The Morgan fingerprint density at radius 2 is 1.79 bits per heavy atom. The Bertz CT molecular complexity index is 2370. The van der Waals surface area contributed by atoms with E-state index in [-0.39, 0.29) is 43.4 Å². The van der Waals surface area contributed by atoms with Crippen LogP contribution < -0.4 is 16.1 Å². The minimum Gasteiger partial charge on any atom is -0.464 e. The van der Waals surface area contributed by atoms with E-state index in [4.69, 9.17) is 14.5 Å². The molecule has 0 saturated carbocycles. The van der Waals surface area contributed by atoms with E-state index in [9.17, 15) is 24.0 Å². The molecule has 4 amide bonds. The molecule has 3 N–H and O–H groups in total. The molecule has 0 radical (unpaired) electrons. The number of rotatable bonds is 9. The van der Waals surface area contributed by atoms with Crippen molar-refractivity contribution in [2.24, 2.45) is 11.3 Å². The first kappa shape index (κ1) is 45.9. The number of nitrogens with one attached hydrogen (secondary N) is 3. The van der Waals surface area contributed by atoms with E-state index in [0.29, 0.717) is 37.1 Å². The molecule has 1 fully saturated rings. The van der Waals surface area contributed by atoms with Gasteiger partial charge in [0.25, 0.3) is 5.91 Å². The van der Waals surface area contributed by atoms with Gasteiger partial charge in [-0.15, -0.1) is 0 Å². The van der Waals surface area contributed by atoms with E-state index in [2.05, 4.69) is 65.7 Å². The lowest BCUT2D eigenvalue weighted by Crippen LogP contribution is -2.66. The molecule has 4 heterocycles. The van der Waals surface area contributed by atoms with E-state index in [1.54, 1.807) is 33.3 Å². The van der Waals surface area contributed by atoms with E-state index in [1.807, 2.05) is 39.0 Å². The number of ether oxygens (including phenoxy) is 2. The van der Waals surface area contributed by atoms with Crippen molar-refractivity contribution < 1.29 is 33.4 Å². The van der Waals surface area contributed by atoms with Crippen LogP contribution in [-0.2, 0) is 52.8 Å². The number of fused-ring (bicyclic) bond motifs is 6. The highest BCUT2D eigenvalue weighted by atomic mass is 16.5. The first-order chi connectivity index (χ1) is 29.3. The number of aryl methyl sites for hydroxylation is 1. The van der Waals surface area contributed by atoms with E-state index >= 15 is 0 Å². The average molecular weight is 850 g/mol. The zero-order valence-corrected chi connectivity index (χ0v) is 38.1. The SMILES string of the molecule is CCn1c(-c2cccnc2[C@H](C)OC)c2c3cc(ccc31)-c1cc(cc(NC(C)=O)c1)C[C@H](NC(=O)[C@H](C(C)C)N(C)C(C)=O)C(=O)N1CCC[C@@](C)(N1)C(=O)OCC(C)(C)C2. The molecule has 62 heavy (non-hydrogen) atoms. The summed E-state index contributed by atoms with van der Waals surface area (Å²) in [5.74, 6) is -2.23. The molecule has 332 valence electrons. The van der Waals surface area contributed by atoms with Crippen molar-refractivity contribution in [3.05, 3.63) is 71.5 Å². The van der Waals surface area contributed by atoms with Crippen LogP contribution in [0.3, 0.4) is 0 Å². The number of cyclic esters (lactones) is 1. The van der Waals surface area contributed by atoms with Gasteiger partial charge in [0, 0.05) is 81.3 Å². The normalized spacial score (nSPS) is 20.3. The number of esters is 1. The lowest BCUT2D eigenvalue weighted by atomic mass is 9.84. The summed E-state index contributed by atoms with van der Waals surface area (Å²) in [4.78, 5) is 74.3. The maximum atomic E-state index is 14.7. The molecule has 2 aliphatic heterocycles. The fourth-order valence-electron chi connectivity index (χ4n) is 8.99. The standard InChI is InChI=1S/C48H63N7O7/c1-12-54-40-17-16-33-25-37(40)38(43(54)36-15-13-19-49-41(36)29(4)61-11)26-47(7,8)27-62-46(60)48(9)18-14-20-55(52-48)45(59)39(51-44(58)42(28(2)3)53(10)31(6)57)23-32-21-34(33)24-35(22-32)50-30(5)56/h13,15-17,19,21-22,24-25,28-29,39,42,52H,12,14,18,20,23,26-27H2,1-11H3,(H,50,56)(H,51,58)/t29-,39-,42-,48+/m0/s1. The lowest BCUT2D eigenvalue weighted by molar-refractivity contribution is -0.162. The molecule has 2 aromatic carbocycles. The molecule has 2 aromatic heterocycles. The number of aromatic nitrogens is 2. The number of carbonyl (C=O) groups is 5. The molecule has 14 nitrogen and oxygen atoms in total. The maximum Gasteiger partial charge on any atom is 0.327 e. The Labute approximate surface area is 365 Å². The molecular formula is C48H63N7O7. The molecule has 6 bridgehead atoms. The monoisotopic (exact) mass is 849 g/mol. The highest BCUT2D eigenvalue weighted by molar-refractivity contribution is 5.97. The number of nitrogens with zero attached hydrogens (tertiary/aromatic N) is 4. The largest absolute Gasteiger partial charge is 0.464 e. The van der Waals surface area contributed by atoms with E-state index < -0.39 is 40.8 Å². The third kappa shape index (κ3) is 9.56. The fraction of sp³-hybridized carbons (Fsp3) is 0.500. The van der Waals surface area contributed by atoms with Gasteiger partial charge in [0.15, 0.2) is 0 Å². The lowest BCUT2D eigenvalue weighted by Gasteiger charge is -2.41. The Kier molecular flexibility index (Phi) is 13.6. The smallest absolute Gasteiger partial charge is 0.327 e.